The maximum absolute atomic E-state index is 9.38. The summed E-state index contributed by atoms with van der Waals surface area (Å²) in [7, 11) is -1.13. The standard InChI is InChI=1S/C23H27N7O2SSi/c1-34(2,3)9-8-32-16-29-7-5-20-22(25-15-26-23(20)29)18-11-27-30(13-18)21(4-6-24)17-10-19(12-28-31)33-14-17/h5,7,10-15,21,31H,4,8-9,16H2,1-3H3. The van der Waals surface area contributed by atoms with Crippen LogP contribution in [0, 0.1) is 11.3 Å². The molecule has 0 aromatic carbocycles. The van der Waals surface area contributed by atoms with Gasteiger partial charge in [-0.2, -0.15) is 10.4 Å². The van der Waals surface area contributed by atoms with Crippen molar-refractivity contribution in [2.24, 2.45) is 5.16 Å². The highest BCUT2D eigenvalue weighted by Gasteiger charge is 2.19. The molecule has 4 aromatic heterocycles. The van der Waals surface area contributed by atoms with Gasteiger partial charge in [-0.05, 0) is 29.1 Å². The molecule has 4 aromatic rings. The van der Waals surface area contributed by atoms with Crippen molar-refractivity contribution in [1.29, 1.82) is 5.26 Å². The summed E-state index contributed by atoms with van der Waals surface area (Å²) in [6, 6.07) is 7.01. The first-order valence-corrected chi connectivity index (χ1v) is 15.5. The Morgan fingerprint density at radius 1 is 1.35 bits per heavy atom. The summed E-state index contributed by atoms with van der Waals surface area (Å²) in [5.41, 5.74) is 3.38. The lowest BCUT2D eigenvalue weighted by molar-refractivity contribution is 0.0899. The van der Waals surface area contributed by atoms with Crippen molar-refractivity contribution >= 4 is 36.7 Å². The number of rotatable bonds is 10. The van der Waals surface area contributed by atoms with Gasteiger partial charge in [0, 0.05) is 42.9 Å². The molecule has 4 rings (SSSR count). The maximum atomic E-state index is 9.38. The van der Waals surface area contributed by atoms with E-state index in [0.717, 1.165) is 45.4 Å². The van der Waals surface area contributed by atoms with Gasteiger partial charge in [0.15, 0.2) is 0 Å². The van der Waals surface area contributed by atoms with Gasteiger partial charge in [0.25, 0.3) is 0 Å². The molecule has 0 spiro atoms. The summed E-state index contributed by atoms with van der Waals surface area (Å²) in [6.45, 7) is 8.20. The Morgan fingerprint density at radius 2 is 2.21 bits per heavy atom. The first-order chi connectivity index (χ1) is 16.4. The lowest BCUT2D eigenvalue weighted by atomic mass is 10.1. The zero-order chi connectivity index (χ0) is 24.1. The van der Waals surface area contributed by atoms with E-state index in [1.165, 1.54) is 17.6 Å². The summed E-state index contributed by atoms with van der Waals surface area (Å²) in [5.74, 6) is 0. The van der Waals surface area contributed by atoms with Gasteiger partial charge in [-0.25, -0.2) is 9.97 Å². The molecule has 11 heteroatoms. The number of aromatic nitrogens is 5. The van der Waals surface area contributed by atoms with E-state index in [0.29, 0.717) is 6.73 Å². The molecule has 0 aliphatic carbocycles. The monoisotopic (exact) mass is 493 g/mol. The molecule has 0 fully saturated rings. The Morgan fingerprint density at radius 3 is 2.97 bits per heavy atom. The summed E-state index contributed by atoms with van der Waals surface area (Å²) in [4.78, 5) is 9.80. The SMILES string of the molecule is C[Si](C)(C)CCOCn1ccc2c(-c3cnn(C(CC#N)c4csc(C=NO)c4)c3)ncnc21. The highest BCUT2D eigenvalue weighted by atomic mass is 32.1. The summed E-state index contributed by atoms with van der Waals surface area (Å²) in [5, 5.41) is 28.7. The first-order valence-electron chi connectivity index (χ1n) is 10.9. The molecule has 0 aliphatic heterocycles. The smallest absolute Gasteiger partial charge is 0.145 e. The van der Waals surface area contributed by atoms with Crippen LogP contribution in [-0.4, -0.2) is 50.4 Å². The van der Waals surface area contributed by atoms with Crippen LogP contribution in [0.1, 0.15) is 22.9 Å². The molecule has 0 amide bonds. The fourth-order valence-corrected chi connectivity index (χ4v) is 5.19. The number of nitrogens with zero attached hydrogens (tertiary/aromatic N) is 7. The minimum atomic E-state index is -1.13. The molecule has 0 saturated heterocycles. The van der Waals surface area contributed by atoms with Crippen LogP contribution in [0.3, 0.4) is 0 Å². The molecule has 0 bridgehead atoms. The molecule has 4 heterocycles. The van der Waals surface area contributed by atoms with E-state index in [9.17, 15) is 5.26 Å². The third kappa shape index (κ3) is 5.41. The molecule has 9 nitrogen and oxygen atoms in total. The number of oxime groups is 1. The van der Waals surface area contributed by atoms with Gasteiger partial charge in [0.2, 0.25) is 0 Å². The van der Waals surface area contributed by atoms with E-state index in [-0.39, 0.29) is 12.5 Å². The Balaban J connectivity index is 1.57. The molecule has 0 saturated carbocycles. The third-order valence-electron chi connectivity index (χ3n) is 5.47. The second-order valence-electron chi connectivity index (χ2n) is 9.21. The van der Waals surface area contributed by atoms with E-state index < -0.39 is 8.07 Å². The largest absolute Gasteiger partial charge is 0.411 e. The average molecular weight is 494 g/mol. The van der Waals surface area contributed by atoms with Crippen molar-refractivity contribution in [3.8, 4) is 17.3 Å². The van der Waals surface area contributed by atoms with Crippen LogP contribution in [0.4, 0.5) is 0 Å². The Bertz CT molecular complexity index is 1330. The highest BCUT2D eigenvalue weighted by molar-refractivity contribution is 7.11. The average Bonchev–Trinajstić information content (AvgIpc) is 3.55. The highest BCUT2D eigenvalue weighted by Crippen LogP contribution is 2.30. The third-order valence-corrected chi connectivity index (χ3v) is 8.06. The van der Waals surface area contributed by atoms with E-state index in [1.807, 2.05) is 34.5 Å². The summed E-state index contributed by atoms with van der Waals surface area (Å²) < 4.78 is 9.68. The normalized spacial score (nSPS) is 13.0. The second kappa shape index (κ2) is 10.3. The molecular formula is C23H27N7O2SSi. The molecular weight excluding hydrogens is 466 g/mol. The lowest BCUT2D eigenvalue weighted by Crippen LogP contribution is -2.22. The van der Waals surface area contributed by atoms with E-state index in [2.05, 4.69) is 45.9 Å². The van der Waals surface area contributed by atoms with Crippen LogP contribution < -0.4 is 0 Å². The minimum absolute atomic E-state index is 0.252. The zero-order valence-corrected chi connectivity index (χ0v) is 21.2. The van der Waals surface area contributed by atoms with Gasteiger partial charge in [0.1, 0.15) is 18.7 Å². The number of nitriles is 1. The van der Waals surface area contributed by atoms with Gasteiger partial charge in [0.05, 0.1) is 36.6 Å². The van der Waals surface area contributed by atoms with Gasteiger partial charge in [-0.1, -0.05) is 24.8 Å². The Labute approximate surface area is 203 Å². The van der Waals surface area contributed by atoms with Crippen LogP contribution in [0.25, 0.3) is 22.3 Å². The second-order valence-corrected chi connectivity index (χ2v) is 15.8. The molecule has 0 radical (unpaired) electrons. The van der Waals surface area contributed by atoms with E-state index >= 15 is 0 Å². The Kier molecular flexibility index (Phi) is 7.21. The number of fused-ring (bicyclic) bond motifs is 1. The minimum Gasteiger partial charge on any atom is -0.411 e. The van der Waals surface area contributed by atoms with E-state index in [4.69, 9.17) is 9.94 Å². The van der Waals surface area contributed by atoms with Crippen LogP contribution in [-0.2, 0) is 11.5 Å². The fraction of sp³-hybridized carbons (Fsp3) is 0.348. The predicted molar refractivity (Wildman–Crippen MR) is 135 cm³/mol. The van der Waals surface area contributed by atoms with Gasteiger partial charge in [-0.15, -0.1) is 11.3 Å². The number of hydrogen-bond acceptors (Lipinski definition) is 8. The van der Waals surface area contributed by atoms with Crippen molar-refractivity contribution in [2.75, 3.05) is 6.61 Å². The molecule has 1 unspecified atom stereocenters. The van der Waals surface area contributed by atoms with Gasteiger partial charge < -0.3 is 14.5 Å². The van der Waals surface area contributed by atoms with Gasteiger partial charge >= 0.3 is 0 Å². The van der Waals surface area contributed by atoms with Crippen molar-refractivity contribution in [1.82, 2.24) is 24.3 Å². The molecule has 176 valence electrons. The number of thiophene rings is 1. The molecule has 1 N–H and O–H groups in total. The van der Waals surface area contributed by atoms with Crippen LogP contribution in [0.15, 0.2) is 47.6 Å². The fourth-order valence-electron chi connectivity index (χ4n) is 3.63. The lowest BCUT2D eigenvalue weighted by Gasteiger charge is -2.15. The molecule has 1 atom stereocenters. The topological polar surface area (TPSA) is 114 Å². The van der Waals surface area contributed by atoms with Crippen molar-refractivity contribution in [3.63, 3.8) is 0 Å². The zero-order valence-electron chi connectivity index (χ0n) is 19.4. The molecule has 0 aliphatic rings. The maximum Gasteiger partial charge on any atom is 0.145 e. The van der Waals surface area contributed by atoms with Gasteiger partial charge in [-0.3, -0.25) is 4.68 Å². The quantitative estimate of drug-likeness (QED) is 0.110. The van der Waals surface area contributed by atoms with E-state index in [1.54, 1.807) is 17.2 Å². The van der Waals surface area contributed by atoms with Crippen LogP contribution >= 0.6 is 11.3 Å². The number of ether oxygens (including phenoxy) is 1. The Hall–Kier alpha value is -3.33. The van der Waals surface area contributed by atoms with Crippen molar-refractivity contribution in [2.45, 2.75) is 44.9 Å². The predicted octanol–water partition coefficient (Wildman–Crippen LogP) is 4.98. The summed E-state index contributed by atoms with van der Waals surface area (Å²) >= 11 is 1.45. The number of hydrogen-bond donors (Lipinski definition) is 1. The van der Waals surface area contributed by atoms with Crippen molar-refractivity contribution < 1.29 is 9.94 Å². The molecule has 34 heavy (non-hydrogen) atoms. The van der Waals surface area contributed by atoms with Crippen LogP contribution in [0.2, 0.25) is 25.7 Å². The van der Waals surface area contributed by atoms with Crippen molar-refractivity contribution in [3.05, 3.63) is 52.9 Å². The summed E-state index contributed by atoms with van der Waals surface area (Å²) in [6.07, 6.45) is 8.83. The first kappa shape index (κ1) is 23.8. The van der Waals surface area contributed by atoms with Crippen LogP contribution in [0.5, 0.6) is 0 Å².